The van der Waals surface area contributed by atoms with E-state index >= 15 is 0 Å². The highest BCUT2D eigenvalue weighted by Gasteiger charge is 2.10. The lowest BCUT2D eigenvalue weighted by Crippen LogP contribution is -1.98. The lowest BCUT2D eigenvalue weighted by atomic mass is 10.00. The van der Waals surface area contributed by atoms with Crippen LogP contribution in [-0.4, -0.2) is 12.9 Å². The summed E-state index contributed by atoms with van der Waals surface area (Å²) >= 11 is 1.43. The summed E-state index contributed by atoms with van der Waals surface area (Å²) in [7, 11) is 1.57. The lowest BCUT2D eigenvalue weighted by molar-refractivity contribution is 0.104. The minimum atomic E-state index is 0.0231. The number of ketones is 1. The summed E-state index contributed by atoms with van der Waals surface area (Å²) in [6.45, 7) is 0. The molecule has 0 bridgehead atoms. The number of hydrogen-bond donors (Lipinski definition) is 0. The number of hydrogen-bond acceptors (Lipinski definition) is 4. The second kappa shape index (κ2) is 6.47. The van der Waals surface area contributed by atoms with Crippen LogP contribution in [0.5, 0.6) is 5.75 Å². The number of methoxy groups -OCH3 is 1. The molecule has 1 heterocycles. The highest BCUT2D eigenvalue weighted by molar-refractivity contribution is 7.12. The van der Waals surface area contributed by atoms with E-state index in [1.165, 1.54) is 11.3 Å². The molecule has 0 saturated heterocycles. The Morgan fingerprint density at radius 1 is 1.09 bits per heavy atom. The van der Waals surface area contributed by atoms with Crippen molar-refractivity contribution in [1.29, 1.82) is 5.26 Å². The van der Waals surface area contributed by atoms with Crippen molar-refractivity contribution in [3.05, 3.63) is 76.0 Å². The van der Waals surface area contributed by atoms with Crippen molar-refractivity contribution in [3.8, 4) is 22.9 Å². The fourth-order valence-corrected chi connectivity index (χ4v) is 3.00. The SMILES string of the molecule is COc1cc(C#N)cc(-c2ccc(C(=O)c3cccs3)cc2)c1. The average Bonchev–Trinajstić information content (AvgIpc) is 3.15. The minimum absolute atomic E-state index is 0.0231. The zero-order chi connectivity index (χ0) is 16.2. The van der Waals surface area contributed by atoms with Gasteiger partial charge in [0.2, 0.25) is 5.78 Å². The molecule has 3 rings (SSSR count). The molecule has 112 valence electrons. The first kappa shape index (κ1) is 15.0. The van der Waals surface area contributed by atoms with Crippen molar-refractivity contribution in [1.82, 2.24) is 0 Å². The van der Waals surface area contributed by atoms with Crippen molar-refractivity contribution in [3.63, 3.8) is 0 Å². The maximum atomic E-state index is 12.3. The minimum Gasteiger partial charge on any atom is -0.497 e. The van der Waals surface area contributed by atoms with Gasteiger partial charge < -0.3 is 4.74 Å². The molecule has 0 amide bonds. The van der Waals surface area contributed by atoms with E-state index in [1.807, 2.05) is 47.8 Å². The summed E-state index contributed by atoms with van der Waals surface area (Å²) < 4.78 is 5.23. The first-order valence-electron chi connectivity index (χ1n) is 6.99. The molecule has 0 radical (unpaired) electrons. The molecule has 0 aliphatic heterocycles. The van der Waals surface area contributed by atoms with E-state index in [0.717, 1.165) is 16.0 Å². The van der Waals surface area contributed by atoms with Crippen LogP contribution in [0.2, 0.25) is 0 Å². The molecule has 3 nitrogen and oxygen atoms in total. The predicted molar refractivity (Wildman–Crippen MR) is 90.9 cm³/mol. The van der Waals surface area contributed by atoms with E-state index in [4.69, 9.17) is 10.00 Å². The number of thiophene rings is 1. The number of carbonyl (C=O) groups excluding carboxylic acids is 1. The van der Waals surface area contributed by atoms with Crippen LogP contribution < -0.4 is 4.74 Å². The first-order chi connectivity index (χ1) is 11.2. The van der Waals surface area contributed by atoms with E-state index in [-0.39, 0.29) is 5.78 Å². The van der Waals surface area contributed by atoms with Gasteiger partial charge >= 0.3 is 0 Å². The van der Waals surface area contributed by atoms with Gasteiger partial charge in [-0.05, 0) is 40.8 Å². The Labute approximate surface area is 138 Å². The van der Waals surface area contributed by atoms with Crippen LogP contribution in [-0.2, 0) is 0 Å². The van der Waals surface area contributed by atoms with Crippen LogP contribution in [0.15, 0.2) is 60.0 Å². The van der Waals surface area contributed by atoms with Crippen molar-refractivity contribution < 1.29 is 9.53 Å². The number of ether oxygens (including phenoxy) is 1. The van der Waals surface area contributed by atoms with E-state index in [9.17, 15) is 4.79 Å². The van der Waals surface area contributed by atoms with Crippen LogP contribution in [0.25, 0.3) is 11.1 Å². The van der Waals surface area contributed by atoms with Gasteiger partial charge in [-0.15, -0.1) is 11.3 Å². The van der Waals surface area contributed by atoms with Crippen molar-refractivity contribution in [2.75, 3.05) is 7.11 Å². The molecule has 0 spiro atoms. The standard InChI is InChI=1S/C19H13NO2S/c1-22-17-10-13(12-20)9-16(11-17)14-4-6-15(7-5-14)19(21)18-3-2-8-23-18/h2-11H,1H3. The Kier molecular flexibility index (Phi) is 4.22. The molecular weight excluding hydrogens is 306 g/mol. The van der Waals surface area contributed by atoms with Gasteiger partial charge in [-0.3, -0.25) is 4.79 Å². The zero-order valence-electron chi connectivity index (χ0n) is 12.4. The van der Waals surface area contributed by atoms with Crippen molar-refractivity contribution in [2.24, 2.45) is 0 Å². The van der Waals surface area contributed by atoms with Gasteiger partial charge in [0.1, 0.15) is 5.75 Å². The zero-order valence-corrected chi connectivity index (χ0v) is 13.3. The van der Waals surface area contributed by atoms with E-state index in [1.54, 1.807) is 19.2 Å². The Balaban J connectivity index is 1.94. The molecular formula is C19H13NO2S. The van der Waals surface area contributed by atoms with Crippen LogP contribution in [0, 0.1) is 11.3 Å². The molecule has 3 aromatic rings. The van der Waals surface area contributed by atoms with Gasteiger partial charge in [-0.25, -0.2) is 0 Å². The van der Waals surface area contributed by atoms with Crippen LogP contribution in [0.3, 0.4) is 0 Å². The van der Waals surface area contributed by atoms with Gasteiger partial charge in [0, 0.05) is 5.56 Å². The van der Waals surface area contributed by atoms with E-state index in [0.29, 0.717) is 16.9 Å². The largest absolute Gasteiger partial charge is 0.497 e. The number of nitrogens with zero attached hydrogens (tertiary/aromatic N) is 1. The maximum Gasteiger partial charge on any atom is 0.202 e. The summed E-state index contributed by atoms with van der Waals surface area (Å²) in [6.07, 6.45) is 0. The summed E-state index contributed by atoms with van der Waals surface area (Å²) in [6, 6.07) is 18.6. The number of rotatable bonds is 4. The molecule has 0 aliphatic rings. The molecule has 1 aromatic heterocycles. The third kappa shape index (κ3) is 3.15. The fraction of sp³-hybridized carbons (Fsp3) is 0.0526. The third-order valence-corrected chi connectivity index (χ3v) is 4.37. The van der Waals surface area contributed by atoms with Crippen molar-refractivity contribution in [2.45, 2.75) is 0 Å². The average molecular weight is 319 g/mol. The van der Waals surface area contributed by atoms with Gasteiger partial charge in [0.25, 0.3) is 0 Å². The van der Waals surface area contributed by atoms with E-state index < -0.39 is 0 Å². The predicted octanol–water partition coefficient (Wildman–Crippen LogP) is 4.53. The molecule has 23 heavy (non-hydrogen) atoms. The van der Waals surface area contributed by atoms with Gasteiger partial charge in [0.05, 0.1) is 23.6 Å². The quantitative estimate of drug-likeness (QED) is 0.664. The molecule has 0 aliphatic carbocycles. The summed E-state index contributed by atoms with van der Waals surface area (Å²) in [5, 5.41) is 11.0. The van der Waals surface area contributed by atoms with Gasteiger partial charge in [0.15, 0.2) is 0 Å². The third-order valence-electron chi connectivity index (χ3n) is 3.50. The smallest absolute Gasteiger partial charge is 0.202 e. The number of carbonyl (C=O) groups is 1. The first-order valence-corrected chi connectivity index (χ1v) is 7.87. The molecule has 0 saturated carbocycles. The second-order valence-corrected chi connectivity index (χ2v) is 5.89. The number of benzene rings is 2. The summed E-state index contributed by atoms with van der Waals surface area (Å²) in [5.74, 6) is 0.660. The normalized spacial score (nSPS) is 10.1. The molecule has 2 aromatic carbocycles. The van der Waals surface area contributed by atoms with E-state index in [2.05, 4.69) is 6.07 Å². The fourth-order valence-electron chi connectivity index (χ4n) is 2.31. The topological polar surface area (TPSA) is 50.1 Å². The van der Waals surface area contributed by atoms with Gasteiger partial charge in [-0.2, -0.15) is 5.26 Å². The molecule has 4 heteroatoms. The monoisotopic (exact) mass is 319 g/mol. The second-order valence-electron chi connectivity index (χ2n) is 4.95. The molecule has 0 N–H and O–H groups in total. The Morgan fingerprint density at radius 2 is 1.87 bits per heavy atom. The number of nitriles is 1. The molecule has 0 unspecified atom stereocenters. The summed E-state index contributed by atoms with van der Waals surface area (Å²) in [4.78, 5) is 13.0. The van der Waals surface area contributed by atoms with Crippen LogP contribution in [0.1, 0.15) is 20.8 Å². The molecule has 0 fully saturated rings. The maximum absolute atomic E-state index is 12.3. The Hall–Kier alpha value is -2.90. The Bertz CT molecular complexity index is 875. The van der Waals surface area contributed by atoms with Crippen LogP contribution in [0.4, 0.5) is 0 Å². The highest BCUT2D eigenvalue weighted by atomic mass is 32.1. The lowest BCUT2D eigenvalue weighted by Gasteiger charge is -2.07. The Morgan fingerprint density at radius 3 is 2.48 bits per heavy atom. The highest BCUT2D eigenvalue weighted by Crippen LogP contribution is 2.27. The molecule has 0 atom stereocenters. The van der Waals surface area contributed by atoms with Crippen LogP contribution >= 0.6 is 11.3 Å². The summed E-state index contributed by atoms with van der Waals surface area (Å²) in [5.41, 5.74) is 3.01. The van der Waals surface area contributed by atoms with Gasteiger partial charge in [-0.1, -0.05) is 30.3 Å². The van der Waals surface area contributed by atoms with Crippen molar-refractivity contribution >= 4 is 17.1 Å².